The number of nitrogens with one attached hydrogen (secondary N) is 2. The highest BCUT2D eigenvalue weighted by atomic mass is 16.2. The lowest BCUT2D eigenvalue weighted by molar-refractivity contribution is 0.241. The molecule has 2 N–H and O–H groups in total. The summed E-state index contributed by atoms with van der Waals surface area (Å²) < 4.78 is 0. The minimum absolute atomic E-state index is 0.0932. The zero-order valence-corrected chi connectivity index (χ0v) is 9.70. The molecular weight excluding hydrogens is 202 g/mol. The molecule has 2 amide bonds. The van der Waals surface area contributed by atoms with Crippen LogP contribution < -0.4 is 10.6 Å². The van der Waals surface area contributed by atoms with Gasteiger partial charge in [-0.15, -0.1) is 0 Å². The van der Waals surface area contributed by atoms with Crippen molar-refractivity contribution < 1.29 is 4.79 Å². The lowest BCUT2D eigenvalue weighted by Gasteiger charge is -2.06. The average molecular weight is 221 g/mol. The highest BCUT2D eigenvalue weighted by Crippen LogP contribution is 1.92. The van der Waals surface area contributed by atoms with E-state index in [0.29, 0.717) is 6.54 Å². The van der Waals surface area contributed by atoms with Crippen LogP contribution in [-0.2, 0) is 6.42 Å². The molecule has 0 saturated carbocycles. The van der Waals surface area contributed by atoms with Gasteiger partial charge in [0.25, 0.3) is 0 Å². The van der Waals surface area contributed by atoms with Crippen LogP contribution in [0.1, 0.15) is 25.5 Å². The first-order valence-electron chi connectivity index (χ1n) is 5.74. The zero-order chi connectivity index (χ0) is 11.6. The maximum atomic E-state index is 11.3. The van der Waals surface area contributed by atoms with Crippen LogP contribution in [0.2, 0.25) is 0 Å². The average Bonchev–Trinajstić information content (AvgIpc) is 2.31. The van der Waals surface area contributed by atoms with Gasteiger partial charge in [-0.05, 0) is 18.6 Å². The van der Waals surface area contributed by atoms with E-state index in [2.05, 4.69) is 22.5 Å². The molecule has 1 aromatic heterocycles. The minimum atomic E-state index is -0.0932. The van der Waals surface area contributed by atoms with E-state index in [-0.39, 0.29) is 6.03 Å². The molecule has 4 heteroatoms. The molecule has 1 rings (SSSR count). The Morgan fingerprint density at radius 2 is 2.12 bits per heavy atom. The molecule has 0 bridgehead atoms. The van der Waals surface area contributed by atoms with Gasteiger partial charge in [0.05, 0.1) is 0 Å². The first kappa shape index (κ1) is 12.5. The van der Waals surface area contributed by atoms with Gasteiger partial charge in [0.1, 0.15) is 0 Å². The molecule has 0 unspecified atom stereocenters. The molecule has 0 spiro atoms. The van der Waals surface area contributed by atoms with Gasteiger partial charge in [-0.2, -0.15) is 0 Å². The van der Waals surface area contributed by atoms with E-state index in [1.807, 2.05) is 18.2 Å². The smallest absolute Gasteiger partial charge is 0.314 e. The fourth-order valence-electron chi connectivity index (χ4n) is 1.29. The largest absolute Gasteiger partial charge is 0.338 e. The Kier molecular flexibility index (Phi) is 5.99. The van der Waals surface area contributed by atoms with Gasteiger partial charge in [-0.3, -0.25) is 4.98 Å². The predicted octanol–water partition coefficient (Wildman–Crippen LogP) is 1.72. The molecule has 0 aliphatic heterocycles. The number of nitrogens with zero attached hydrogens (tertiary/aromatic N) is 1. The normalized spacial score (nSPS) is 9.81. The Bertz CT molecular complexity index is 300. The Morgan fingerprint density at radius 1 is 1.31 bits per heavy atom. The third-order valence-electron chi connectivity index (χ3n) is 2.21. The highest BCUT2D eigenvalue weighted by Gasteiger charge is 1.98. The van der Waals surface area contributed by atoms with Gasteiger partial charge in [0.2, 0.25) is 0 Å². The molecule has 0 fully saturated rings. The van der Waals surface area contributed by atoms with Crippen LogP contribution in [0.15, 0.2) is 24.4 Å². The summed E-state index contributed by atoms with van der Waals surface area (Å²) in [7, 11) is 0. The Morgan fingerprint density at radius 3 is 2.81 bits per heavy atom. The molecule has 0 aromatic carbocycles. The minimum Gasteiger partial charge on any atom is -0.338 e. The Labute approximate surface area is 96.5 Å². The van der Waals surface area contributed by atoms with Gasteiger partial charge in [0, 0.05) is 31.4 Å². The fourth-order valence-corrected chi connectivity index (χ4v) is 1.29. The molecule has 88 valence electrons. The van der Waals surface area contributed by atoms with Crippen LogP contribution in [0.5, 0.6) is 0 Å². The van der Waals surface area contributed by atoms with E-state index < -0.39 is 0 Å². The van der Waals surface area contributed by atoms with E-state index in [0.717, 1.165) is 31.5 Å². The number of amides is 2. The summed E-state index contributed by atoms with van der Waals surface area (Å²) in [4.78, 5) is 15.4. The van der Waals surface area contributed by atoms with Gasteiger partial charge in [0.15, 0.2) is 0 Å². The number of pyridine rings is 1. The van der Waals surface area contributed by atoms with Crippen molar-refractivity contribution >= 4 is 6.03 Å². The van der Waals surface area contributed by atoms with Crippen molar-refractivity contribution in [2.75, 3.05) is 13.1 Å². The van der Waals surface area contributed by atoms with Crippen molar-refractivity contribution in [2.24, 2.45) is 0 Å². The van der Waals surface area contributed by atoms with E-state index in [1.165, 1.54) is 0 Å². The first-order chi connectivity index (χ1) is 7.83. The van der Waals surface area contributed by atoms with Crippen molar-refractivity contribution in [1.29, 1.82) is 0 Å². The van der Waals surface area contributed by atoms with Crippen molar-refractivity contribution in [2.45, 2.75) is 26.2 Å². The van der Waals surface area contributed by atoms with E-state index in [9.17, 15) is 4.79 Å². The first-order valence-corrected chi connectivity index (χ1v) is 5.74. The standard InChI is InChI=1S/C12H19N3O/c1-2-3-8-14-12(16)15-10-7-11-6-4-5-9-13-11/h4-6,9H,2-3,7-8,10H2,1H3,(H2,14,15,16). The third kappa shape index (κ3) is 5.34. The van der Waals surface area contributed by atoms with E-state index >= 15 is 0 Å². The topological polar surface area (TPSA) is 54.0 Å². The summed E-state index contributed by atoms with van der Waals surface area (Å²) in [6, 6.07) is 5.69. The second-order valence-corrected chi connectivity index (χ2v) is 3.61. The molecule has 4 nitrogen and oxygen atoms in total. The van der Waals surface area contributed by atoms with Crippen molar-refractivity contribution in [1.82, 2.24) is 15.6 Å². The molecule has 16 heavy (non-hydrogen) atoms. The van der Waals surface area contributed by atoms with Crippen molar-refractivity contribution in [3.05, 3.63) is 30.1 Å². The third-order valence-corrected chi connectivity index (χ3v) is 2.21. The number of hydrogen-bond acceptors (Lipinski definition) is 2. The highest BCUT2D eigenvalue weighted by molar-refractivity contribution is 5.73. The second-order valence-electron chi connectivity index (χ2n) is 3.61. The van der Waals surface area contributed by atoms with Crippen molar-refractivity contribution in [3.8, 4) is 0 Å². The number of rotatable bonds is 6. The lowest BCUT2D eigenvalue weighted by Crippen LogP contribution is -2.37. The molecular formula is C12H19N3O. The molecule has 0 saturated heterocycles. The molecule has 0 aliphatic rings. The van der Waals surface area contributed by atoms with Gasteiger partial charge in [-0.25, -0.2) is 4.79 Å². The summed E-state index contributed by atoms with van der Waals surface area (Å²) in [5.74, 6) is 0. The summed E-state index contributed by atoms with van der Waals surface area (Å²) in [6.07, 6.45) is 4.64. The predicted molar refractivity (Wildman–Crippen MR) is 64.3 cm³/mol. The van der Waals surface area contributed by atoms with Gasteiger partial charge < -0.3 is 10.6 Å². The van der Waals surface area contributed by atoms with Crippen LogP contribution in [0.4, 0.5) is 4.79 Å². The molecule has 1 aromatic rings. The number of carbonyl (C=O) groups excluding carboxylic acids is 1. The fraction of sp³-hybridized carbons (Fsp3) is 0.500. The molecule has 0 radical (unpaired) electrons. The summed E-state index contributed by atoms with van der Waals surface area (Å²) in [5.41, 5.74) is 0.997. The van der Waals surface area contributed by atoms with Gasteiger partial charge >= 0.3 is 6.03 Å². The number of hydrogen-bond donors (Lipinski definition) is 2. The van der Waals surface area contributed by atoms with Crippen LogP contribution >= 0.6 is 0 Å². The molecule has 0 aliphatic carbocycles. The summed E-state index contributed by atoms with van der Waals surface area (Å²) in [5, 5.41) is 5.60. The number of urea groups is 1. The molecule has 0 atom stereocenters. The second kappa shape index (κ2) is 7.68. The van der Waals surface area contributed by atoms with Crippen molar-refractivity contribution in [3.63, 3.8) is 0 Å². The maximum Gasteiger partial charge on any atom is 0.314 e. The number of carbonyl (C=O) groups is 1. The van der Waals surface area contributed by atoms with Crippen LogP contribution in [-0.4, -0.2) is 24.1 Å². The quantitative estimate of drug-likeness (QED) is 0.719. The summed E-state index contributed by atoms with van der Waals surface area (Å²) in [6.45, 7) is 3.46. The van der Waals surface area contributed by atoms with Crippen LogP contribution in [0, 0.1) is 0 Å². The van der Waals surface area contributed by atoms with Crippen LogP contribution in [0.3, 0.4) is 0 Å². The SMILES string of the molecule is CCCCNC(=O)NCCc1ccccn1. The Hall–Kier alpha value is -1.58. The van der Waals surface area contributed by atoms with E-state index in [4.69, 9.17) is 0 Å². The summed E-state index contributed by atoms with van der Waals surface area (Å²) >= 11 is 0. The number of unbranched alkanes of at least 4 members (excludes halogenated alkanes) is 1. The maximum absolute atomic E-state index is 11.3. The van der Waals surface area contributed by atoms with E-state index in [1.54, 1.807) is 6.20 Å². The number of aromatic nitrogens is 1. The Balaban J connectivity index is 2.09. The lowest BCUT2D eigenvalue weighted by atomic mass is 10.3. The monoisotopic (exact) mass is 221 g/mol. The van der Waals surface area contributed by atoms with Crippen LogP contribution in [0.25, 0.3) is 0 Å². The van der Waals surface area contributed by atoms with Gasteiger partial charge in [-0.1, -0.05) is 19.4 Å². The molecule has 1 heterocycles. The zero-order valence-electron chi connectivity index (χ0n) is 9.70.